The van der Waals surface area contributed by atoms with Crippen LogP contribution in [-0.2, 0) is 4.79 Å². The lowest BCUT2D eigenvalue weighted by molar-refractivity contribution is -0.118. The number of hydrogen-bond acceptors (Lipinski definition) is 1. The molecule has 40 valence electrons. The Morgan fingerprint density at radius 3 is 2.43 bits per heavy atom. The zero-order valence-corrected chi connectivity index (χ0v) is 6.77. The normalized spacial score (nSPS) is 13.3. The van der Waals surface area contributed by atoms with Gasteiger partial charge in [-0.2, -0.15) is 0 Å². The molecule has 1 atom stereocenters. The molecule has 0 aromatic rings. The maximum Gasteiger partial charge on any atom is 0.216 e. The number of amides is 1. The molecule has 0 aliphatic heterocycles. The molecule has 0 aliphatic rings. The minimum absolute atomic E-state index is 0.178. The lowest BCUT2D eigenvalue weighted by atomic mass is 10.3. The van der Waals surface area contributed by atoms with E-state index in [0.717, 1.165) is 16.3 Å². The van der Waals surface area contributed by atoms with E-state index < -0.39 is 0 Å². The standard InChI is InChI=1S/C4H8NO.Al.2H/c1-2-3-4(5)6;;;/h2H,3H2,1H3,(H2,5,6);;;. The highest BCUT2D eigenvalue weighted by Gasteiger charge is 1.96. The molecule has 0 saturated heterocycles. The van der Waals surface area contributed by atoms with Crippen molar-refractivity contribution in [3.8, 4) is 0 Å². The van der Waals surface area contributed by atoms with Gasteiger partial charge in [-0.25, -0.2) is 0 Å². The van der Waals surface area contributed by atoms with Crippen LogP contribution in [0, 0.1) is 0 Å². The van der Waals surface area contributed by atoms with E-state index >= 15 is 0 Å². The van der Waals surface area contributed by atoms with Crippen LogP contribution >= 0.6 is 0 Å². The quantitative estimate of drug-likeness (QED) is 0.475. The lowest BCUT2D eigenvalue weighted by Crippen LogP contribution is -2.11. The van der Waals surface area contributed by atoms with Crippen molar-refractivity contribution in [1.82, 2.24) is 0 Å². The maximum absolute atomic E-state index is 10.1. The van der Waals surface area contributed by atoms with Gasteiger partial charge >= 0.3 is 0 Å². The molecule has 0 aromatic carbocycles. The largest absolute Gasteiger partial charge is 0.370 e. The Hall–Kier alpha value is 0.00247. The predicted molar refractivity (Wildman–Crippen MR) is 31.8 cm³/mol. The minimum Gasteiger partial charge on any atom is -0.370 e. The Kier molecular flexibility index (Phi) is 3.06. The first kappa shape index (κ1) is 7.00. The Bertz CT molecular complexity index is 72.1. The molecular weight excluding hydrogens is 105 g/mol. The first-order chi connectivity index (χ1) is 3.13. The van der Waals surface area contributed by atoms with Crippen LogP contribution in [0.1, 0.15) is 13.3 Å². The van der Waals surface area contributed by atoms with Crippen molar-refractivity contribution >= 4 is 22.2 Å². The molecule has 0 rings (SSSR count). The highest BCUT2D eigenvalue weighted by Crippen LogP contribution is 1.99. The number of carbonyl (C=O) groups is 1. The van der Waals surface area contributed by atoms with Gasteiger partial charge in [-0.3, -0.25) is 4.79 Å². The first-order valence-electron chi connectivity index (χ1n) is 2.41. The summed E-state index contributed by atoms with van der Waals surface area (Å²) in [7, 11) is 0. The van der Waals surface area contributed by atoms with E-state index in [2.05, 4.69) is 0 Å². The molecule has 0 heterocycles. The number of rotatable bonds is 2. The second-order valence-corrected chi connectivity index (χ2v) is 4.04. The second-order valence-electron chi connectivity index (χ2n) is 2.06. The van der Waals surface area contributed by atoms with Crippen molar-refractivity contribution in [1.29, 1.82) is 0 Å². The van der Waals surface area contributed by atoms with Crippen LogP contribution in [0.15, 0.2) is 0 Å². The van der Waals surface area contributed by atoms with E-state index in [-0.39, 0.29) is 5.91 Å². The van der Waals surface area contributed by atoms with E-state index in [1.807, 2.05) is 6.92 Å². The number of primary amides is 1. The molecule has 3 heteroatoms. The summed E-state index contributed by atoms with van der Waals surface area (Å²) < 4.78 is 0.539. The van der Waals surface area contributed by atoms with Crippen LogP contribution < -0.4 is 5.73 Å². The van der Waals surface area contributed by atoms with E-state index in [9.17, 15) is 4.79 Å². The van der Waals surface area contributed by atoms with Crippen molar-refractivity contribution in [2.75, 3.05) is 0 Å². The summed E-state index contributed by atoms with van der Waals surface area (Å²) in [5, 5.41) is 0. The van der Waals surface area contributed by atoms with Crippen molar-refractivity contribution in [3.05, 3.63) is 0 Å². The van der Waals surface area contributed by atoms with Gasteiger partial charge in [0.1, 0.15) is 0 Å². The van der Waals surface area contributed by atoms with Crippen LogP contribution in [0.4, 0.5) is 0 Å². The van der Waals surface area contributed by atoms with Gasteiger partial charge in [0.2, 0.25) is 22.2 Å². The Labute approximate surface area is 51.5 Å². The fourth-order valence-corrected chi connectivity index (χ4v) is 0.805. The summed E-state index contributed by atoms with van der Waals surface area (Å²) in [5.74, 6) is -0.178. The molecule has 1 amide bonds. The van der Waals surface area contributed by atoms with Crippen LogP contribution in [0.3, 0.4) is 0 Å². The number of carbonyl (C=O) groups excluding carboxylic acids is 1. The molecule has 0 aliphatic carbocycles. The Morgan fingerprint density at radius 1 is 2.00 bits per heavy atom. The van der Waals surface area contributed by atoms with Gasteiger partial charge in [-0.15, -0.1) is 0 Å². The van der Waals surface area contributed by atoms with E-state index in [1.165, 1.54) is 0 Å². The van der Waals surface area contributed by atoms with Gasteiger partial charge in [-0.05, 0) is 0 Å². The maximum atomic E-state index is 10.1. The lowest BCUT2D eigenvalue weighted by Gasteiger charge is -1.95. The summed E-state index contributed by atoms with van der Waals surface area (Å²) in [4.78, 5) is 10.1. The zero-order chi connectivity index (χ0) is 5.86. The van der Waals surface area contributed by atoms with Crippen molar-refractivity contribution in [3.63, 3.8) is 0 Å². The second kappa shape index (κ2) is 3.06. The molecular formula is C4H10AlNO. The van der Waals surface area contributed by atoms with Gasteiger partial charge in [0, 0.05) is 6.42 Å². The van der Waals surface area contributed by atoms with Crippen LogP contribution in [-0.4, -0.2) is 22.2 Å². The van der Waals surface area contributed by atoms with E-state index in [1.54, 1.807) is 0 Å². The van der Waals surface area contributed by atoms with Crippen LogP contribution in [0.2, 0.25) is 4.78 Å². The molecule has 0 bridgehead atoms. The summed E-state index contributed by atoms with van der Waals surface area (Å²) in [5.41, 5.74) is 4.88. The van der Waals surface area contributed by atoms with Gasteiger partial charge in [0.15, 0.2) is 0 Å². The predicted octanol–water partition coefficient (Wildman–Crippen LogP) is -0.697. The third kappa shape index (κ3) is 6.00. The zero-order valence-electron chi connectivity index (χ0n) is 4.77. The molecule has 1 unspecified atom stereocenters. The van der Waals surface area contributed by atoms with Crippen molar-refractivity contribution in [2.24, 2.45) is 5.73 Å². The highest BCUT2D eigenvalue weighted by atomic mass is 27.0. The molecule has 7 heavy (non-hydrogen) atoms. The third-order valence-electron chi connectivity index (χ3n) is 0.609. The molecule has 0 spiro atoms. The highest BCUT2D eigenvalue weighted by molar-refractivity contribution is 6.12. The Balaban J connectivity index is 3.13. The van der Waals surface area contributed by atoms with Crippen LogP contribution in [0.25, 0.3) is 0 Å². The van der Waals surface area contributed by atoms with Crippen molar-refractivity contribution in [2.45, 2.75) is 18.1 Å². The summed E-state index contributed by atoms with van der Waals surface area (Å²) in [6.45, 7) is 2.02. The topological polar surface area (TPSA) is 43.1 Å². The van der Waals surface area contributed by atoms with Crippen LogP contribution in [0.5, 0.6) is 0 Å². The van der Waals surface area contributed by atoms with Gasteiger partial charge in [-0.1, -0.05) is 11.7 Å². The van der Waals surface area contributed by atoms with Gasteiger partial charge in [0.25, 0.3) is 0 Å². The fourth-order valence-electron chi connectivity index (χ4n) is 0.402. The molecule has 0 radical (unpaired) electrons. The summed E-state index contributed by atoms with van der Waals surface area (Å²) in [6.07, 6.45) is 0.562. The molecule has 0 saturated carbocycles. The minimum atomic E-state index is -0.178. The third-order valence-corrected chi connectivity index (χ3v) is 1.02. The number of hydrogen-bond donors (Lipinski definition) is 1. The average molecular weight is 115 g/mol. The fraction of sp³-hybridized carbons (Fsp3) is 0.750. The molecule has 0 aromatic heterocycles. The Morgan fingerprint density at radius 2 is 2.43 bits per heavy atom. The molecule has 2 nitrogen and oxygen atoms in total. The SMILES string of the molecule is C[CH]([AlH2])CC(N)=O. The average Bonchev–Trinajstić information content (AvgIpc) is 1.27. The monoisotopic (exact) mass is 115 g/mol. The molecule has 0 fully saturated rings. The summed E-state index contributed by atoms with van der Waals surface area (Å²) in [6, 6.07) is 0. The van der Waals surface area contributed by atoms with E-state index in [4.69, 9.17) is 5.73 Å². The van der Waals surface area contributed by atoms with Crippen molar-refractivity contribution < 1.29 is 4.79 Å². The van der Waals surface area contributed by atoms with E-state index in [0.29, 0.717) is 11.2 Å². The van der Waals surface area contributed by atoms with Gasteiger partial charge < -0.3 is 5.73 Å². The first-order valence-corrected chi connectivity index (χ1v) is 3.56. The molecule has 2 N–H and O–H groups in total. The summed E-state index contributed by atoms with van der Waals surface area (Å²) >= 11 is 1.07. The van der Waals surface area contributed by atoms with Gasteiger partial charge in [0.05, 0.1) is 0 Å². The number of nitrogens with two attached hydrogens (primary N) is 1. The smallest absolute Gasteiger partial charge is 0.216 e.